The number of nitrogens with two attached hydrogens (primary N) is 2. The van der Waals surface area contributed by atoms with Crippen LogP contribution in [-0.4, -0.2) is 139 Å². The second-order valence-electron chi connectivity index (χ2n) is 12.7. The van der Waals surface area contributed by atoms with Gasteiger partial charge < -0.3 is 72.1 Å². The Morgan fingerprint density at radius 3 is 2.48 bits per heavy atom. The van der Waals surface area contributed by atoms with E-state index in [9.17, 15) is 25.2 Å². The van der Waals surface area contributed by atoms with Gasteiger partial charge in [-0.25, -0.2) is 0 Å². The van der Waals surface area contributed by atoms with E-state index in [1.165, 1.54) is 19.8 Å². The van der Waals surface area contributed by atoms with E-state index in [1.807, 2.05) is 6.08 Å². The maximum atomic E-state index is 12.9. The summed E-state index contributed by atoms with van der Waals surface area (Å²) in [7, 11) is 1.59. The summed E-state index contributed by atoms with van der Waals surface area (Å²) in [6.45, 7) is 3.00. The number of likely N-dealkylation sites (N-methyl/N-ethyl adjacent to an activating group) is 1. The highest BCUT2D eigenvalue weighted by atomic mass is 16.7. The molecule has 1 amide bonds. The molecule has 0 bridgehead atoms. The number of carbonyl (C=O) groups is 1. The van der Waals surface area contributed by atoms with E-state index in [0.717, 1.165) is 6.54 Å². The Bertz CT molecular complexity index is 980. The molecule has 0 unspecified atom stereocenters. The third kappa shape index (κ3) is 6.92. The van der Waals surface area contributed by atoms with Crippen LogP contribution in [0.3, 0.4) is 0 Å². The fourth-order valence-corrected chi connectivity index (χ4v) is 6.07. The fourth-order valence-electron chi connectivity index (χ4n) is 6.07. The largest absolute Gasteiger partial charge is 0.467 e. The van der Waals surface area contributed by atoms with Crippen LogP contribution in [0, 0.1) is 5.92 Å². The molecular formula is C27H48N6O9. The lowest BCUT2D eigenvalue weighted by Crippen LogP contribution is -2.72. The Kier molecular flexibility index (Phi) is 9.79. The number of amides is 1. The molecule has 42 heavy (non-hydrogen) atoms. The number of aliphatic hydroxyl groups excluding tert-OH is 2. The van der Waals surface area contributed by atoms with E-state index in [-0.39, 0.29) is 26.1 Å². The van der Waals surface area contributed by atoms with Gasteiger partial charge in [0, 0.05) is 19.1 Å². The number of aliphatic hydroxyl groups is 4. The van der Waals surface area contributed by atoms with Gasteiger partial charge in [0.15, 0.2) is 11.9 Å². The first-order valence-electron chi connectivity index (χ1n) is 14.9. The lowest BCUT2D eigenvalue weighted by atomic mass is 9.82. The number of β-amino-alcohol motifs (C(OH)–C–C–N with tert-alkyl or cyclic N) is 1. The molecule has 5 rings (SSSR count). The molecule has 0 spiro atoms. The van der Waals surface area contributed by atoms with E-state index in [2.05, 4.69) is 21.3 Å². The van der Waals surface area contributed by atoms with Crippen LogP contribution >= 0.6 is 0 Å². The average molecular weight is 601 g/mol. The Labute approximate surface area is 245 Å². The molecule has 3 heterocycles. The molecule has 2 saturated heterocycles. The van der Waals surface area contributed by atoms with E-state index >= 15 is 0 Å². The average Bonchev–Trinajstić information content (AvgIpc) is 3.74. The molecule has 0 radical (unpaired) electrons. The Hall–Kier alpha value is -1.47. The summed E-state index contributed by atoms with van der Waals surface area (Å²) in [6, 6.07) is -2.92. The number of carbonyl (C=O) groups excluding carboxylic acids is 1. The highest BCUT2D eigenvalue weighted by molar-refractivity contribution is 5.87. The summed E-state index contributed by atoms with van der Waals surface area (Å²) in [5.74, 6) is 0.781. The molecule has 3 aliphatic heterocycles. The van der Waals surface area contributed by atoms with E-state index in [0.29, 0.717) is 24.6 Å². The summed E-state index contributed by atoms with van der Waals surface area (Å²) in [5.41, 5.74) is 9.84. The fraction of sp³-hybridized carbons (Fsp3) is 0.889. The van der Waals surface area contributed by atoms with Crippen LogP contribution in [0.2, 0.25) is 0 Å². The van der Waals surface area contributed by atoms with Crippen molar-refractivity contribution in [3.05, 3.63) is 11.8 Å². The van der Waals surface area contributed by atoms with Crippen LogP contribution < -0.4 is 32.7 Å². The first-order valence-corrected chi connectivity index (χ1v) is 14.9. The molecule has 15 nitrogen and oxygen atoms in total. The molecule has 11 atom stereocenters. The molecule has 0 aromatic carbocycles. The van der Waals surface area contributed by atoms with E-state index in [1.54, 1.807) is 7.05 Å². The van der Waals surface area contributed by atoms with Crippen molar-refractivity contribution in [3.63, 3.8) is 0 Å². The van der Waals surface area contributed by atoms with Gasteiger partial charge in [-0.2, -0.15) is 0 Å². The smallest absolute Gasteiger partial charge is 0.254 e. The van der Waals surface area contributed by atoms with Gasteiger partial charge in [0.1, 0.15) is 35.8 Å². The molecule has 2 aliphatic carbocycles. The van der Waals surface area contributed by atoms with Crippen LogP contribution in [-0.2, 0) is 23.7 Å². The van der Waals surface area contributed by atoms with Crippen LogP contribution in [0.25, 0.3) is 0 Å². The highest BCUT2D eigenvalue weighted by Crippen LogP contribution is 2.32. The Morgan fingerprint density at radius 1 is 1.12 bits per heavy atom. The van der Waals surface area contributed by atoms with Crippen LogP contribution in [0.1, 0.15) is 32.6 Å². The number of ether oxygens (including phenoxy) is 4. The first-order chi connectivity index (χ1) is 19.9. The molecule has 15 heteroatoms. The minimum absolute atomic E-state index is 0.0864. The monoisotopic (exact) mass is 600 g/mol. The van der Waals surface area contributed by atoms with Gasteiger partial charge in [0.2, 0.25) is 6.29 Å². The Morgan fingerprint density at radius 2 is 1.83 bits per heavy atom. The Balaban J connectivity index is 1.29. The van der Waals surface area contributed by atoms with Gasteiger partial charge in [-0.1, -0.05) is 0 Å². The highest BCUT2D eigenvalue weighted by Gasteiger charge is 2.53. The van der Waals surface area contributed by atoms with E-state index < -0.39 is 78.3 Å². The summed E-state index contributed by atoms with van der Waals surface area (Å²) in [5, 5.41) is 55.7. The molecule has 0 aromatic rings. The minimum Gasteiger partial charge on any atom is -0.467 e. The van der Waals surface area contributed by atoms with E-state index in [4.69, 9.17) is 30.4 Å². The van der Waals surface area contributed by atoms with Crippen molar-refractivity contribution in [1.29, 1.82) is 0 Å². The molecule has 5 aliphatic rings. The third-order valence-corrected chi connectivity index (χ3v) is 8.98. The normalized spacial score (nSPS) is 43.6. The van der Waals surface area contributed by atoms with Crippen molar-refractivity contribution < 1.29 is 44.2 Å². The summed E-state index contributed by atoms with van der Waals surface area (Å²) >= 11 is 0. The molecule has 4 fully saturated rings. The van der Waals surface area contributed by atoms with Gasteiger partial charge in [0.05, 0.1) is 31.3 Å². The van der Waals surface area contributed by atoms with Gasteiger partial charge in [0.25, 0.3) is 5.91 Å². The SMILES string of the molecule is CN[C@@H]1[C@@H](O)[C@@H](O[C@@H]2[C@@H](O)[C@H](O[C@H]3OC(CNCC4CC4)=CC[C@H]3N)[C@@H](N)C[C@H]2NC(=O)C2(O)CNC2)OC[C@]1(C)O. The molecule has 240 valence electrons. The van der Waals surface area contributed by atoms with Crippen LogP contribution in [0.15, 0.2) is 11.8 Å². The maximum absolute atomic E-state index is 12.9. The van der Waals surface area contributed by atoms with Crippen LogP contribution in [0.5, 0.6) is 0 Å². The topological polar surface area (TPSA) is 235 Å². The molecular weight excluding hydrogens is 552 g/mol. The van der Waals surface area contributed by atoms with Crippen molar-refractivity contribution in [2.75, 3.05) is 39.8 Å². The predicted octanol–water partition coefficient (Wildman–Crippen LogP) is -4.32. The van der Waals surface area contributed by atoms with Gasteiger partial charge in [-0.05, 0) is 58.2 Å². The quantitative estimate of drug-likeness (QED) is 0.108. The number of rotatable bonds is 11. The van der Waals surface area contributed by atoms with Gasteiger partial charge in [-0.15, -0.1) is 0 Å². The number of hydrogen-bond donors (Lipinski definition) is 10. The van der Waals surface area contributed by atoms with Crippen molar-refractivity contribution in [3.8, 4) is 0 Å². The number of hydrogen-bond acceptors (Lipinski definition) is 14. The number of nitrogens with one attached hydrogen (secondary N) is 4. The van der Waals surface area contributed by atoms with Crippen molar-refractivity contribution >= 4 is 5.91 Å². The predicted molar refractivity (Wildman–Crippen MR) is 148 cm³/mol. The summed E-state index contributed by atoms with van der Waals surface area (Å²) in [6.07, 6.45) is -2.00. The lowest BCUT2D eigenvalue weighted by molar-refractivity contribution is -0.304. The van der Waals surface area contributed by atoms with Crippen LogP contribution in [0.4, 0.5) is 0 Å². The molecule has 12 N–H and O–H groups in total. The van der Waals surface area contributed by atoms with Gasteiger partial charge >= 0.3 is 0 Å². The van der Waals surface area contributed by atoms with Crippen molar-refractivity contribution in [2.45, 2.75) is 105 Å². The maximum Gasteiger partial charge on any atom is 0.254 e. The summed E-state index contributed by atoms with van der Waals surface area (Å²) < 4.78 is 24.1. The summed E-state index contributed by atoms with van der Waals surface area (Å²) in [4.78, 5) is 12.9. The van der Waals surface area contributed by atoms with Crippen molar-refractivity contribution in [1.82, 2.24) is 21.3 Å². The standard InChI is InChI=1S/C27H48N6O9/c1-26(37)12-39-24(19(35)22(26)30-2)42-21-17(33-25(36)27(38)10-32-11-27)7-16(29)20(18(21)34)41-23-15(28)6-5-14(40-23)9-31-8-13-3-4-13/h5,13,15-24,30-32,34-35,37-38H,3-4,6-12,28-29H2,1-2H3,(H,33,36)/t15-,16+,17-,18+,19-,20-,21+,22-,23-,24-,26+/m1/s1. The molecule has 0 aromatic heterocycles. The third-order valence-electron chi connectivity index (χ3n) is 8.98. The lowest BCUT2D eigenvalue weighted by Gasteiger charge is -2.49. The second-order valence-corrected chi connectivity index (χ2v) is 12.7. The van der Waals surface area contributed by atoms with Gasteiger partial charge in [-0.3, -0.25) is 4.79 Å². The minimum atomic E-state index is -1.59. The first kappa shape index (κ1) is 31.9. The van der Waals surface area contributed by atoms with Crippen molar-refractivity contribution in [2.24, 2.45) is 17.4 Å². The zero-order valence-corrected chi connectivity index (χ0v) is 24.3. The molecule has 2 saturated carbocycles. The zero-order chi connectivity index (χ0) is 30.2. The second kappa shape index (κ2) is 12.9. The zero-order valence-electron chi connectivity index (χ0n) is 24.3.